The van der Waals surface area contributed by atoms with Crippen LogP contribution in [-0.4, -0.2) is 55.2 Å². The Balaban J connectivity index is 2.23. The normalized spacial score (nSPS) is 17.5. The highest BCUT2D eigenvalue weighted by molar-refractivity contribution is 4.93. The zero-order valence-electron chi connectivity index (χ0n) is 31.8. The van der Waals surface area contributed by atoms with E-state index < -0.39 is 5.79 Å². The average molecular weight is 658 g/mol. The Labute approximate surface area is 293 Å². The van der Waals surface area contributed by atoms with Crippen LogP contribution in [0.15, 0.2) is 48.6 Å². The molecular weight excluding hydrogens is 578 g/mol. The molecule has 1 saturated heterocycles. The third kappa shape index (κ3) is 24.6. The molecule has 0 saturated carbocycles. The van der Waals surface area contributed by atoms with Gasteiger partial charge in [-0.15, -0.1) is 0 Å². The lowest BCUT2D eigenvalue weighted by Crippen LogP contribution is -2.44. The van der Waals surface area contributed by atoms with Crippen molar-refractivity contribution in [3.63, 3.8) is 0 Å². The molecule has 2 unspecified atom stereocenters. The van der Waals surface area contributed by atoms with Gasteiger partial charge in [0.2, 0.25) is 0 Å². The lowest BCUT2D eigenvalue weighted by Gasteiger charge is -2.31. The van der Waals surface area contributed by atoms with Gasteiger partial charge in [0.05, 0.1) is 19.3 Å². The molecule has 0 bridgehead atoms. The summed E-state index contributed by atoms with van der Waals surface area (Å²) in [5, 5.41) is 9.99. The van der Waals surface area contributed by atoms with Crippen molar-refractivity contribution in [2.75, 3.05) is 27.3 Å². The van der Waals surface area contributed by atoms with Crippen molar-refractivity contribution in [1.82, 2.24) is 4.90 Å². The minimum atomic E-state index is -0.460. The van der Waals surface area contributed by atoms with Crippen LogP contribution in [0.5, 0.6) is 0 Å². The highest BCUT2D eigenvalue weighted by Gasteiger charge is 2.43. The van der Waals surface area contributed by atoms with Gasteiger partial charge >= 0.3 is 0 Å². The minimum absolute atomic E-state index is 0.0105. The Kier molecular flexibility index (Phi) is 29.9. The summed E-state index contributed by atoms with van der Waals surface area (Å²) in [6.07, 6.45) is 50.9. The molecule has 1 heterocycles. The van der Waals surface area contributed by atoms with Gasteiger partial charge in [0.15, 0.2) is 5.79 Å². The van der Waals surface area contributed by atoms with Crippen LogP contribution >= 0.6 is 0 Å². The maximum atomic E-state index is 9.99. The highest BCUT2D eigenvalue weighted by atomic mass is 16.7. The molecule has 4 nitrogen and oxygen atoms in total. The number of nitrogens with zero attached hydrogens (tertiary/aromatic N) is 1. The third-order valence-corrected chi connectivity index (χ3v) is 9.67. The first-order chi connectivity index (χ1) is 23.1. The molecule has 4 heteroatoms. The second-order valence-corrected chi connectivity index (χ2v) is 14.3. The van der Waals surface area contributed by atoms with E-state index in [0.29, 0.717) is 6.61 Å². The fraction of sp³-hybridized carbons (Fsp3) is 0.814. The monoisotopic (exact) mass is 658 g/mol. The summed E-state index contributed by atoms with van der Waals surface area (Å²) in [5.41, 5.74) is 0. The van der Waals surface area contributed by atoms with Crippen molar-refractivity contribution in [1.29, 1.82) is 0 Å². The van der Waals surface area contributed by atoms with E-state index in [-0.39, 0.29) is 18.8 Å². The Hall–Kier alpha value is -1.20. The number of aliphatic hydroxyl groups is 1. The van der Waals surface area contributed by atoms with Crippen LogP contribution in [0.3, 0.4) is 0 Å². The topological polar surface area (TPSA) is 41.9 Å². The Morgan fingerprint density at radius 2 is 0.957 bits per heavy atom. The number of hydrogen-bond acceptors (Lipinski definition) is 4. The van der Waals surface area contributed by atoms with Crippen molar-refractivity contribution in [2.45, 2.75) is 199 Å². The van der Waals surface area contributed by atoms with Crippen LogP contribution in [0.25, 0.3) is 0 Å². The number of rotatable bonds is 33. The molecule has 0 amide bonds. The molecule has 274 valence electrons. The molecule has 2 atom stereocenters. The van der Waals surface area contributed by atoms with Gasteiger partial charge in [-0.1, -0.05) is 140 Å². The fourth-order valence-electron chi connectivity index (χ4n) is 6.53. The standard InChI is InChI=1S/C43H79NO3/c1-5-7-9-11-13-15-17-19-21-23-25-27-29-31-33-35-37-43(46-40-42(47-43)41(39-45)44(3)4)38-36-34-32-30-28-26-24-22-20-18-16-14-12-10-8-6-2/h13-16,19-22,41-42,45H,5-12,17-18,23-40H2,1-4H3/b15-13-,16-14-,21-19-,22-20-. The first kappa shape index (κ1) is 43.8. The van der Waals surface area contributed by atoms with E-state index in [0.717, 1.165) is 38.5 Å². The maximum absolute atomic E-state index is 9.99. The van der Waals surface area contributed by atoms with Crippen molar-refractivity contribution in [3.8, 4) is 0 Å². The smallest absolute Gasteiger partial charge is 0.168 e. The van der Waals surface area contributed by atoms with E-state index >= 15 is 0 Å². The molecule has 0 aromatic carbocycles. The van der Waals surface area contributed by atoms with Gasteiger partial charge in [0.25, 0.3) is 0 Å². The molecule has 0 aliphatic carbocycles. The van der Waals surface area contributed by atoms with E-state index in [9.17, 15) is 5.11 Å². The average Bonchev–Trinajstić information content (AvgIpc) is 3.48. The summed E-state index contributed by atoms with van der Waals surface area (Å²) >= 11 is 0. The second-order valence-electron chi connectivity index (χ2n) is 14.3. The fourth-order valence-corrected chi connectivity index (χ4v) is 6.53. The maximum Gasteiger partial charge on any atom is 0.168 e. The minimum Gasteiger partial charge on any atom is -0.395 e. The van der Waals surface area contributed by atoms with Crippen molar-refractivity contribution < 1.29 is 14.6 Å². The van der Waals surface area contributed by atoms with Crippen LogP contribution in [0.2, 0.25) is 0 Å². The number of unbranched alkanes of at least 4 members (excludes halogenated alkanes) is 18. The number of aliphatic hydroxyl groups excluding tert-OH is 1. The Bertz CT molecular complexity index is 738. The Morgan fingerprint density at radius 1 is 0.574 bits per heavy atom. The predicted octanol–water partition coefficient (Wildman–Crippen LogP) is 12.4. The second kappa shape index (κ2) is 32.0. The summed E-state index contributed by atoms with van der Waals surface area (Å²) in [6.45, 7) is 5.22. The lowest BCUT2D eigenvalue weighted by molar-refractivity contribution is -0.185. The van der Waals surface area contributed by atoms with Gasteiger partial charge in [-0.2, -0.15) is 0 Å². The number of allylic oxidation sites excluding steroid dienone is 8. The van der Waals surface area contributed by atoms with Crippen LogP contribution in [0, 0.1) is 0 Å². The van der Waals surface area contributed by atoms with Gasteiger partial charge < -0.3 is 19.5 Å². The summed E-state index contributed by atoms with van der Waals surface area (Å²) in [7, 11) is 4.05. The first-order valence-electron chi connectivity index (χ1n) is 20.3. The van der Waals surface area contributed by atoms with Crippen LogP contribution in [0.1, 0.15) is 181 Å². The number of likely N-dealkylation sites (N-methyl/N-ethyl adjacent to an activating group) is 1. The molecule has 1 fully saturated rings. The first-order valence-corrected chi connectivity index (χ1v) is 20.3. The molecular formula is C43H79NO3. The quantitative estimate of drug-likeness (QED) is 0.0563. The molecule has 1 N–H and O–H groups in total. The number of ether oxygens (including phenoxy) is 2. The molecule has 47 heavy (non-hydrogen) atoms. The Morgan fingerprint density at radius 3 is 1.34 bits per heavy atom. The van der Waals surface area contributed by atoms with Gasteiger partial charge in [-0.25, -0.2) is 0 Å². The molecule has 0 radical (unpaired) electrons. The van der Waals surface area contributed by atoms with Crippen molar-refractivity contribution >= 4 is 0 Å². The van der Waals surface area contributed by atoms with Crippen LogP contribution in [-0.2, 0) is 9.47 Å². The SMILES string of the molecule is CCCCC/C=C\C/C=C\CCCCCCCCC1(CCCCCCCC/C=C\C/C=C\CCCCC)OCC(C(CO)N(C)C)O1. The van der Waals surface area contributed by atoms with Crippen LogP contribution < -0.4 is 0 Å². The largest absolute Gasteiger partial charge is 0.395 e. The van der Waals surface area contributed by atoms with E-state index in [1.54, 1.807) is 0 Å². The molecule has 0 spiro atoms. The summed E-state index contributed by atoms with van der Waals surface area (Å²) in [6, 6.07) is -0.0105. The predicted molar refractivity (Wildman–Crippen MR) is 206 cm³/mol. The van der Waals surface area contributed by atoms with Gasteiger partial charge in [-0.3, -0.25) is 0 Å². The summed E-state index contributed by atoms with van der Waals surface area (Å²) in [5.74, 6) is -0.460. The molecule has 1 rings (SSSR count). The lowest BCUT2D eigenvalue weighted by atomic mass is 9.98. The third-order valence-electron chi connectivity index (χ3n) is 9.67. The summed E-state index contributed by atoms with van der Waals surface area (Å²) < 4.78 is 13.1. The van der Waals surface area contributed by atoms with E-state index in [1.165, 1.54) is 128 Å². The molecule has 1 aliphatic heterocycles. The molecule has 1 aliphatic rings. The van der Waals surface area contributed by atoms with E-state index in [4.69, 9.17) is 9.47 Å². The van der Waals surface area contributed by atoms with E-state index in [1.807, 2.05) is 14.1 Å². The summed E-state index contributed by atoms with van der Waals surface area (Å²) in [4.78, 5) is 2.07. The molecule has 0 aromatic rings. The van der Waals surface area contributed by atoms with Crippen molar-refractivity contribution in [2.24, 2.45) is 0 Å². The zero-order chi connectivity index (χ0) is 34.1. The van der Waals surface area contributed by atoms with Gasteiger partial charge in [0, 0.05) is 12.8 Å². The van der Waals surface area contributed by atoms with Crippen LogP contribution in [0.4, 0.5) is 0 Å². The highest BCUT2D eigenvalue weighted by Crippen LogP contribution is 2.36. The number of hydrogen-bond donors (Lipinski definition) is 1. The van der Waals surface area contributed by atoms with E-state index in [2.05, 4.69) is 67.4 Å². The van der Waals surface area contributed by atoms with Gasteiger partial charge in [-0.05, 0) is 91.1 Å². The van der Waals surface area contributed by atoms with Crippen molar-refractivity contribution in [3.05, 3.63) is 48.6 Å². The zero-order valence-corrected chi connectivity index (χ0v) is 31.8. The van der Waals surface area contributed by atoms with Gasteiger partial charge in [0.1, 0.15) is 6.10 Å². The molecule has 0 aromatic heterocycles.